The smallest absolute Gasteiger partial charge is 0.263 e. The molecule has 0 aromatic heterocycles. The van der Waals surface area contributed by atoms with E-state index in [0.717, 1.165) is 5.56 Å². The maximum Gasteiger partial charge on any atom is 0.263 e. The topological polar surface area (TPSA) is 76.7 Å². The number of hydrogen-bond donors (Lipinski definition) is 2. The standard InChI is InChI=1S/C19H14BrClN2O4S/c1-26-15-8-11(6-13-17(24)22-19(28)23-18(13)25)7-14(20)16(15)27-9-10-2-4-12(21)5-3-10/h2-8H,9H2,1H3,(H2,22,23,24,25,28). The van der Waals surface area contributed by atoms with Crippen LogP contribution < -0.4 is 20.1 Å². The van der Waals surface area contributed by atoms with Crippen molar-refractivity contribution in [1.29, 1.82) is 0 Å². The zero-order valence-corrected chi connectivity index (χ0v) is 17.7. The Hall–Kier alpha value is -2.42. The summed E-state index contributed by atoms with van der Waals surface area (Å²) in [6.45, 7) is 0.314. The first-order valence-corrected chi connectivity index (χ1v) is 9.58. The van der Waals surface area contributed by atoms with Crippen molar-refractivity contribution in [2.24, 2.45) is 0 Å². The van der Waals surface area contributed by atoms with Crippen LogP contribution in [0.2, 0.25) is 5.02 Å². The lowest BCUT2D eigenvalue weighted by atomic mass is 10.1. The summed E-state index contributed by atoms with van der Waals surface area (Å²) in [6, 6.07) is 10.7. The molecule has 1 heterocycles. The molecule has 0 spiro atoms. The summed E-state index contributed by atoms with van der Waals surface area (Å²) in [5.41, 5.74) is 1.46. The van der Waals surface area contributed by atoms with Crippen LogP contribution in [0.15, 0.2) is 46.4 Å². The number of thiocarbonyl (C=S) groups is 1. The lowest BCUT2D eigenvalue weighted by Gasteiger charge is -2.17. The van der Waals surface area contributed by atoms with Crippen LogP contribution in [-0.4, -0.2) is 24.0 Å². The maximum absolute atomic E-state index is 12.0. The highest BCUT2D eigenvalue weighted by atomic mass is 79.9. The second kappa shape index (κ2) is 8.72. The van der Waals surface area contributed by atoms with Crippen LogP contribution in [0, 0.1) is 0 Å². The van der Waals surface area contributed by atoms with Crippen LogP contribution in [0.4, 0.5) is 0 Å². The zero-order chi connectivity index (χ0) is 20.3. The number of hydrogen-bond acceptors (Lipinski definition) is 5. The summed E-state index contributed by atoms with van der Waals surface area (Å²) < 4.78 is 11.9. The molecule has 28 heavy (non-hydrogen) atoms. The summed E-state index contributed by atoms with van der Waals surface area (Å²) in [5.74, 6) is -0.181. The predicted molar refractivity (Wildman–Crippen MR) is 113 cm³/mol. The molecule has 1 fully saturated rings. The highest BCUT2D eigenvalue weighted by molar-refractivity contribution is 9.10. The molecule has 0 bridgehead atoms. The normalized spacial score (nSPS) is 13.7. The molecule has 1 aliphatic heterocycles. The fourth-order valence-corrected chi connectivity index (χ4v) is 3.36. The molecule has 0 aliphatic carbocycles. The Balaban J connectivity index is 1.86. The number of nitrogens with one attached hydrogen (secondary N) is 2. The molecule has 9 heteroatoms. The van der Waals surface area contributed by atoms with Crippen molar-refractivity contribution < 1.29 is 19.1 Å². The third kappa shape index (κ3) is 4.70. The van der Waals surface area contributed by atoms with Crippen LogP contribution in [0.3, 0.4) is 0 Å². The van der Waals surface area contributed by atoms with Gasteiger partial charge in [0.25, 0.3) is 11.8 Å². The van der Waals surface area contributed by atoms with E-state index >= 15 is 0 Å². The number of methoxy groups -OCH3 is 1. The van der Waals surface area contributed by atoms with Crippen molar-refractivity contribution >= 4 is 62.8 Å². The van der Waals surface area contributed by atoms with Crippen LogP contribution in [-0.2, 0) is 16.2 Å². The number of amides is 2. The molecule has 2 N–H and O–H groups in total. The molecule has 2 aromatic rings. The second-order valence-corrected chi connectivity index (χ2v) is 7.44. The van der Waals surface area contributed by atoms with E-state index in [1.54, 1.807) is 24.3 Å². The van der Waals surface area contributed by atoms with Gasteiger partial charge in [-0.15, -0.1) is 0 Å². The SMILES string of the molecule is COc1cc(C=C2C(=O)NC(=S)NC2=O)cc(Br)c1OCc1ccc(Cl)cc1. The fourth-order valence-electron chi connectivity index (χ4n) is 2.47. The maximum atomic E-state index is 12.0. The minimum absolute atomic E-state index is 0.0168. The third-order valence-electron chi connectivity index (χ3n) is 3.80. The van der Waals surface area contributed by atoms with Gasteiger partial charge in [-0.3, -0.25) is 20.2 Å². The van der Waals surface area contributed by atoms with Crippen LogP contribution in [0.5, 0.6) is 11.5 Å². The predicted octanol–water partition coefficient (Wildman–Crippen LogP) is 3.60. The van der Waals surface area contributed by atoms with Crippen molar-refractivity contribution in [1.82, 2.24) is 10.6 Å². The summed E-state index contributed by atoms with van der Waals surface area (Å²) in [7, 11) is 1.51. The molecule has 6 nitrogen and oxygen atoms in total. The fraction of sp³-hybridized carbons (Fsp3) is 0.105. The van der Waals surface area contributed by atoms with E-state index in [9.17, 15) is 9.59 Å². The number of rotatable bonds is 5. The van der Waals surface area contributed by atoms with E-state index in [1.165, 1.54) is 13.2 Å². The van der Waals surface area contributed by atoms with E-state index in [0.29, 0.717) is 33.2 Å². The molecule has 2 aromatic carbocycles. The van der Waals surface area contributed by atoms with Gasteiger partial charge in [-0.1, -0.05) is 23.7 Å². The molecule has 1 aliphatic rings. The summed E-state index contributed by atoms with van der Waals surface area (Å²) >= 11 is 14.1. The molecule has 144 valence electrons. The highest BCUT2D eigenvalue weighted by Gasteiger charge is 2.26. The number of carbonyl (C=O) groups is 2. The van der Waals surface area contributed by atoms with Gasteiger partial charge in [0.05, 0.1) is 11.6 Å². The Morgan fingerprint density at radius 1 is 1.14 bits per heavy atom. The summed E-state index contributed by atoms with van der Waals surface area (Å²) in [4.78, 5) is 24.0. The van der Waals surface area contributed by atoms with E-state index < -0.39 is 11.8 Å². The zero-order valence-electron chi connectivity index (χ0n) is 14.5. The third-order valence-corrected chi connectivity index (χ3v) is 4.85. The van der Waals surface area contributed by atoms with E-state index in [4.69, 9.17) is 33.3 Å². The number of halogens is 2. The Morgan fingerprint density at radius 2 is 1.79 bits per heavy atom. The van der Waals surface area contributed by atoms with Crippen molar-refractivity contribution in [2.45, 2.75) is 6.61 Å². The van der Waals surface area contributed by atoms with Crippen LogP contribution in [0.25, 0.3) is 6.08 Å². The summed E-state index contributed by atoms with van der Waals surface area (Å²) in [6.07, 6.45) is 1.45. The van der Waals surface area contributed by atoms with Gasteiger partial charge in [0.15, 0.2) is 16.6 Å². The van der Waals surface area contributed by atoms with Crippen LogP contribution in [0.1, 0.15) is 11.1 Å². The quantitative estimate of drug-likeness (QED) is 0.388. The Kier molecular flexibility index (Phi) is 6.33. The van der Waals surface area contributed by atoms with Crippen molar-refractivity contribution in [3.8, 4) is 11.5 Å². The van der Waals surface area contributed by atoms with Crippen LogP contribution >= 0.6 is 39.7 Å². The van der Waals surface area contributed by atoms with Crippen molar-refractivity contribution in [3.05, 3.63) is 62.6 Å². The molecule has 0 saturated carbocycles. The van der Waals surface area contributed by atoms with Gasteiger partial charge in [0.1, 0.15) is 12.2 Å². The van der Waals surface area contributed by atoms with Gasteiger partial charge in [0, 0.05) is 5.02 Å². The Bertz CT molecular complexity index is 970. The van der Waals surface area contributed by atoms with E-state index in [2.05, 4.69) is 26.6 Å². The second-order valence-electron chi connectivity index (χ2n) is 5.74. The minimum atomic E-state index is -0.563. The van der Waals surface area contributed by atoms with Gasteiger partial charge in [-0.05, 0) is 69.6 Å². The highest BCUT2D eigenvalue weighted by Crippen LogP contribution is 2.38. The molecule has 0 atom stereocenters. The number of benzene rings is 2. The monoisotopic (exact) mass is 480 g/mol. The van der Waals surface area contributed by atoms with Crippen molar-refractivity contribution in [3.63, 3.8) is 0 Å². The van der Waals surface area contributed by atoms with Gasteiger partial charge in [-0.2, -0.15) is 0 Å². The lowest BCUT2D eigenvalue weighted by Crippen LogP contribution is -2.51. The number of carbonyl (C=O) groups excluding carboxylic acids is 2. The molecule has 2 amide bonds. The Labute approximate surface area is 180 Å². The van der Waals surface area contributed by atoms with Gasteiger partial charge in [0.2, 0.25) is 0 Å². The summed E-state index contributed by atoms with van der Waals surface area (Å²) in [5, 5.41) is 5.42. The first kappa shape index (κ1) is 20.3. The van der Waals surface area contributed by atoms with E-state index in [1.807, 2.05) is 12.1 Å². The average Bonchev–Trinajstić information content (AvgIpc) is 2.64. The molecule has 0 radical (unpaired) electrons. The van der Waals surface area contributed by atoms with E-state index in [-0.39, 0.29) is 10.7 Å². The first-order valence-electron chi connectivity index (χ1n) is 8.00. The van der Waals surface area contributed by atoms with Crippen molar-refractivity contribution in [2.75, 3.05) is 7.11 Å². The molecule has 3 rings (SSSR count). The molecule has 0 unspecified atom stereocenters. The first-order chi connectivity index (χ1) is 13.4. The minimum Gasteiger partial charge on any atom is -0.493 e. The Morgan fingerprint density at radius 3 is 2.39 bits per heavy atom. The molecular weight excluding hydrogens is 468 g/mol. The van der Waals surface area contributed by atoms with Gasteiger partial charge < -0.3 is 9.47 Å². The largest absolute Gasteiger partial charge is 0.493 e. The average molecular weight is 482 g/mol. The molecular formula is C19H14BrClN2O4S. The van der Waals surface area contributed by atoms with Gasteiger partial charge >= 0.3 is 0 Å². The number of ether oxygens (including phenoxy) is 2. The molecule has 1 saturated heterocycles. The van der Waals surface area contributed by atoms with Gasteiger partial charge in [-0.25, -0.2) is 0 Å². The lowest BCUT2D eigenvalue weighted by molar-refractivity contribution is -0.123.